The number of carbonyl (C=O) groups excluding carboxylic acids is 2. The fourth-order valence-electron chi connectivity index (χ4n) is 3.25. The van der Waals surface area contributed by atoms with E-state index in [1.165, 1.54) is 6.08 Å². The molecule has 3 rings (SSSR count). The van der Waals surface area contributed by atoms with E-state index < -0.39 is 0 Å². The average Bonchev–Trinajstić information content (AvgIpc) is 2.98. The second-order valence-corrected chi connectivity index (χ2v) is 8.03. The Morgan fingerprint density at radius 2 is 2.03 bits per heavy atom. The number of aromatic nitrogens is 2. The van der Waals surface area contributed by atoms with Gasteiger partial charge in [-0.25, -0.2) is 0 Å². The Kier molecular flexibility index (Phi) is 7.29. The number of benzene rings is 1. The molecule has 0 unspecified atom stereocenters. The molecule has 1 aromatic heterocycles. The highest BCUT2D eigenvalue weighted by atomic mass is 35.5. The molecule has 1 fully saturated rings. The second-order valence-electron chi connectivity index (χ2n) is 7.67. The van der Waals surface area contributed by atoms with Crippen LogP contribution in [0.15, 0.2) is 30.3 Å². The van der Waals surface area contributed by atoms with Gasteiger partial charge in [0.25, 0.3) is 5.91 Å². The predicted molar refractivity (Wildman–Crippen MR) is 118 cm³/mol. The molecule has 1 aliphatic rings. The maximum atomic E-state index is 12.6. The zero-order valence-electron chi connectivity index (χ0n) is 17.5. The van der Waals surface area contributed by atoms with Crippen LogP contribution in [0.5, 0.6) is 0 Å². The fraction of sp³-hybridized carbons (Fsp3) is 0.409. The molecule has 1 N–H and O–H groups in total. The maximum absolute atomic E-state index is 12.6. The van der Waals surface area contributed by atoms with E-state index in [0.29, 0.717) is 55.2 Å². The number of ether oxygens (including phenoxy) is 1. The van der Waals surface area contributed by atoms with Gasteiger partial charge >= 0.3 is 0 Å². The van der Waals surface area contributed by atoms with Gasteiger partial charge in [-0.15, -0.1) is 0 Å². The molecule has 0 atom stereocenters. The number of carbonyl (C=O) groups is 2. The molecule has 7 nitrogen and oxygen atoms in total. The van der Waals surface area contributed by atoms with E-state index in [-0.39, 0.29) is 11.8 Å². The van der Waals surface area contributed by atoms with Crippen LogP contribution in [0.1, 0.15) is 35.5 Å². The van der Waals surface area contributed by atoms with E-state index in [9.17, 15) is 9.59 Å². The van der Waals surface area contributed by atoms with E-state index in [1.807, 2.05) is 6.92 Å². The number of nitrogens with zero attached hydrogens (tertiary/aromatic N) is 3. The van der Waals surface area contributed by atoms with Crippen molar-refractivity contribution in [2.45, 2.75) is 27.3 Å². The Morgan fingerprint density at radius 3 is 2.73 bits per heavy atom. The van der Waals surface area contributed by atoms with E-state index in [0.717, 1.165) is 11.3 Å². The summed E-state index contributed by atoms with van der Waals surface area (Å²) in [6.07, 6.45) is 3.09. The zero-order valence-corrected chi connectivity index (χ0v) is 18.3. The topological polar surface area (TPSA) is 76.5 Å². The molecule has 0 radical (unpaired) electrons. The van der Waals surface area contributed by atoms with Gasteiger partial charge in [-0.1, -0.05) is 31.5 Å². The number of amides is 2. The van der Waals surface area contributed by atoms with Crippen LogP contribution in [0.3, 0.4) is 0 Å². The lowest BCUT2D eigenvalue weighted by Gasteiger charge is -2.27. The summed E-state index contributed by atoms with van der Waals surface area (Å²) in [6.45, 7) is 8.99. The van der Waals surface area contributed by atoms with E-state index in [1.54, 1.807) is 39.9 Å². The summed E-state index contributed by atoms with van der Waals surface area (Å²) in [5.74, 6) is 0.0392. The van der Waals surface area contributed by atoms with Crippen molar-refractivity contribution in [2.75, 3.05) is 31.6 Å². The Balaban J connectivity index is 1.67. The minimum absolute atomic E-state index is 0.0649. The van der Waals surface area contributed by atoms with Gasteiger partial charge in [0.05, 0.1) is 18.9 Å². The zero-order chi connectivity index (χ0) is 21.7. The molecule has 0 bridgehead atoms. The second kappa shape index (κ2) is 9.91. The van der Waals surface area contributed by atoms with Crippen LogP contribution in [-0.2, 0) is 16.1 Å². The predicted octanol–water partition coefficient (Wildman–Crippen LogP) is 3.63. The largest absolute Gasteiger partial charge is 0.378 e. The van der Waals surface area contributed by atoms with Crippen molar-refractivity contribution in [3.63, 3.8) is 0 Å². The summed E-state index contributed by atoms with van der Waals surface area (Å²) in [5, 5.41) is 7.75. The standard InChI is InChI=1S/C22H27ClN4O3/c1-15(2)14-27-21(23)19(16(3)25-27)7-8-20(28)24-18-6-4-5-17(13-18)22(29)26-9-11-30-12-10-26/h4-8,13,15H,9-12,14H2,1-3H3,(H,24,28)/b8-7+. The van der Waals surface area contributed by atoms with Gasteiger partial charge in [0.1, 0.15) is 5.15 Å². The minimum Gasteiger partial charge on any atom is -0.378 e. The summed E-state index contributed by atoms with van der Waals surface area (Å²) >= 11 is 6.41. The highest BCUT2D eigenvalue weighted by Gasteiger charge is 2.19. The van der Waals surface area contributed by atoms with Crippen molar-refractivity contribution in [3.8, 4) is 0 Å². The molecule has 0 aliphatic carbocycles. The van der Waals surface area contributed by atoms with Crippen LogP contribution in [0.2, 0.25) is 5.15 Å². The van der Waals surface area contributed by atoms with Crippen molar-refractivity contribution in [1.29, 1.82) is 0 Å². The molecule has 30 heavy (non-hydrogen) atoms. The number of hydrogen-bond donors (Lipinski definition) is 1. The molecule has 2 amide bonds. The molecular formula is C22H27ClN4O3. The van der Waals surface area contributed by atoms with Gasteiger partial charge < -0.3 is 15.0 Å². The molecule has 2 aromatic rings. The Bertz CT molecular complexity index is 946. The van der Waals surface area contributed by atoms with Gasteiger partial charge in [0, 0.05) is 42.5 Å². The van der Waals surface area contributed by atoms with Gasteiger partial charge in [-0.2, -0.15) is 5.10 Å². The number of aryl methyl sites for hydroxylation is 1. The first kappa shape index (κ1) is 22.1. The SMILES string of the molecule is Cc1nn(CC(C)C)c(Cl)c1/C=C/C(=O)Nc1cccc(C(=O)N2CCOCC2)c1. The van der Waals surface area contributed by atoms with Crippen molar-refractivity contribution in [1.82, 2.24) is 14.7 Å². The number of halogens is 1. The molecule has 2 heterocycles. The van der Waals surface area contributed by atoms with E-state index in [2.05, 4.69) is 24.3 Å². The Hall–Kier alpha value is -2.64. The Labute approximate surface area is 181 Å². The van der Waals surface area contributed by atoms with Crippen molar-refractivity contribution in [3.05, 3.63) is 52.3 Å². The molecular weight excluding hydrogens is 404 g/mol. The molecule has 160 valence electrons. The number of hydrogen-bond acceptors (Lipinski definition) is 4. The van der Waals surface area contributed by atoms with Crippen LogP contribution < -0.4 is 5.32 Å². The van der Waals surface area contributed by atoms with Crippen LogP contribution in [0.25, 0.3) is 6.08 Å². The molecule has 1 aliphatic heterocycles. The van der Waals surface area contributed by atoms with Gasteiger partial charge in [0.15, 0.2) is 0 Å². The van der Waals surface area contributed by atoms with Gasteiger partial charge in [-0.3, -0.25) is 14.3 Å². The summed E-state index contributed by atoms with van der Waals surface area (Å²) in [7, 11) is 0. The lowest BCUT2D eigenvalue weighted by molar-refractivity contribution is -0.111. The first-order chi connectivity index (χ1) is 14.3. The third-order valence-corrected chi connectivity index (χ3v) is 5.12. The van der Waals surface area contributed by atoms with Crippen molar-refractivity contribution in [2.24, 2.45) is 5.92 Å². The molecule has 8 heteroatoms. The summed E-state index contributed by atoms with van der Waals surface area (Å²) in [6, 6.07) is 6.93. The van der Waals surface area contributed by atoms with Crippen LogP contribution in [0.4, 0.5) is 5.69 Å². The molecule has 0 spiro atoms. The summed E-state index contributed by atoms with van der Waals surface area (Å²) < 4.78 is 7.04. The average molecular weight is 431 g/mol. The molecule has 1 saturated heterocycles. The lowest BCUT2D eigenvalue weighted by atomic mass is 10.1. The Morgan fingerprint density at radius 1 is 1.30 bits per heavy atom. The highest BCUT2D eigenvalue weighted by molar-refractivity contribution is 6.31. The van der Waals surface area contributed by atoms with Crippen LogP contribution in [0, 0.1) is 12.8 Å². The number of anilines is 1. The first-order valence-electron chi connectivity index (χ1n) is 10.0. The van der Waals surface area contributed by atoms with Gasteiger partial charge in [-0.05, 0) is 37.1 Å². The molecule has 0 saturated carbocycles. The fourth-order valence-corrected chi connectivity index (χ4v) is 3.55. The third kappa shape index (κ3) is 5.49. The summed E-state index contributed by atoms with van der Waals surface area (Å²) in [5.41, 5.74) is 2.58. The smallest absolute Gasteiger partial charge is 0.254 e. The van der Waals surface area contributed by atoms with Crippen molar-refractivity contribution >= 4 is 35.2 Å². The summed E-state index contributed by atoms with van der Waals surface area (Å²) in [4.78, 5) is 26.8. The highest BCUT2D eigenvalue weighted by Crippen LogP contribution is 2.22. The normalized spacial score (nSPS) is 14.5. The van der Waals surface area contributed by atoms with Crippen molar-refractivity contribution < 1.29 is 14.3 Å². The van der Waals surface area contributed by atoms with E-state index >= 15 is 0 Å². The quantitative estimate of drug-likeness (QED) is 0.710. The van der Waals surface area contributed by atoms with Gasteiger partial charge in [0.2, 0.25) is 5.91 Å². The lowest BCUT2D eigenvalue weighted by Crippen LogP contribution is -2.40. The number of nitrogens with one attached hydrogen (secondary N) is 1. The van der Waals surface area contributed by atoms with Crippen LogP contribution >= 0.6 is 11.6 Å². The third-order valence-electron chi connectivity index (χ3n) is 4.72. The number of morpholine rings is 1. The van der Waals surface area contributed by atoms with E-state index in [4.69, 9.17) is 16.3 Å². The maximum Gasteiger partial charge on any atom is 0.254 e. The minimum atomic E-state index is -0.307. The number of rotatable bonds is 6. The molecule has 1 aromatic carbocycles. The first-order valence-corrected chi connectivity index (χ1v) is 10.4. The van der Waals surface area contributed by atoms with Crippen LogP contribution in [-0.4, -0.2) is 52.8 Å². The monoisotopic (exact) mass is 430 g/mol.